The maximum atomic E-state index is 15.0. The van der Waals surface area contributed by atoms with E-state index >= 15 is 0 Å². The Morgan fingerprint density at radius 1 is 0.290 bits per heavy atom. The number of hydrogen-bond donors (Lipinski definition) is 0. The Bertz CT molecular complexity index is 3290. The first-order valence-corrected chi connectivity index (χ1v) is 20.3. The molecule has 8 aromatic carbocycles. The van der Waals surface area contributed by atoms with Crippen molar-refractivity contribution in [2.45, 2.75) is 0 Å². The second-order valence-corrected chi connectivity index (χ2v) is 14.9. The van der Waals surface area contributed by atoms with E-state index in [1.807, 2.05) is 133 Å². The van der Waals surface area contributed by atoms with Crippen molar-refractivity contribution in [3.8, 4) is 85.1 Å². The summed E-state index contributed by atoms with van der Waals surface area (Å²) in [5, 5.41) is 2.16. The highest BCUT2D eigenvalue weighted by Crippen LogP contribution is 2.39. The van der Waals surface area contributed by atoms with Crippen molar-refractivity contribution < 1.29 is 4.39 Å². The molecule has 0 radical (unpaired) electrons. The number of halogens is 1. The Hall–Kier alpha value is -8.49. The molecule has 0 spiro atoms. The van der Waals surface area contributed by atoms with Gasteiger partial charge in [0.1, 0.15) is 5.82 Å². The van der Waals surface area contributed by atoms with Crippen LogP contribution in [-0.2, 0) is 0 Å². The highest BCUT2D eigenvalue weighted by molar-refractivity contribution is 6.10. The fourth-order valence-corrected chi connectivity index (χ4v) is 8.02. The number of nitrogens with zero attached hydrogens (tertiary/aromatic N) is 7. The van der Waals surface area contributed by atoms with Crippen molar-refractivity contribution in [3.63, 3.8) is 0 Å². The molecule has 0 amide bonds. The van der Waals surface area contributed by atoms with Gasteiger partial charge in [0.2, 0.25) is 0 Å². The summed E-state index contributed by atoms with van der Waals surface area (Å²) in [5.74, 6) is 2.95. The van der Waals surface area contributed by atoms with Crippen molar-refractivity contribution in [3.05, 3.63) is 212 Å². The van der Waals surface area contributed by atoms with Crippen LogP contribution >= 0.6 is 0 Å². The molecule has 0 aliphatic heterocycles. The van der Waals surface area contributed by atoms with Crippen LogP contribution in [0.3, 0.4) is 0 Å². The van der Waals surface area contributed by atoms with Crippen molar-refractivity contribution in [2.75, 3.05) is 0 Å². The summed E-state index contributed by atoms with van der Waals surface area (Å²) in [5.41, 5.74) is 9.42. The van der Waals surface area contributed by atoms with Crippen molar-refractivity contribution in [1.29, 1.82) is 0 Å². The minimum Gasteiger partial charge on any atom is -0.309 e. The number of benzene rings is 8. The normalized spacial score (nSPS) is 11.3. The number of para-hydroxylation sites is 1. The predicted molar refractivity (Wildman–Crippen MR) is 246 cm³/mol. The Kier molecular flexibility index (Phi) is 9.20. The summed E-state index contributed by atoms with van der Waals surface area (Å²) in [6.45, 7) is 0. The van der Waals surface area contributed by atoms with Gasteiger partial charge in [-0.2, -0.15) is 0 Å². The molecule has 62 heavy (non-hydrogen) atoms. The summed E-state index contributed by atoms with van der Waals surface area (Å²) in [4.78, 5) is 30.2. The average molecular weight is 800 g/mol. The first-order chi connectivity index (χ1) is 30.6. The van der Waals surface area contributed by atoms with Crippen LogP contribution in [0.4, 0.5) is 4.39 Å². The number of fused-ring (bicyclic) bond motifs is 3. The van der Waals surface area contributed by atoms with Crippen LogP contribution in [0.2, 0.25) is 0 Å². The van der Waals surface area contributed by atoms with Crippen LogP contribution in [0.25, 0.3) is 107 Å². The van der Waals surface area contributed by atoms with E-state index in [2.05, 4.69) is 59.2 Å². The Labute approximate surface area is 356 Å². The van der Waals surface area contributed by atoms with Gasteiger partial charge in [-0.1, -0.05) is 170 Å². The van der Waals surface area contributed by atoms with Crippen LogP contribution in [0.5, 0.6) is 0 Å². The smallest absolute Gasteiger partial charge is 0.164 e. The van der Waals surface area contributed by atoms with Gasteiger partial charge in [-0.25, -0.2) is 34.3 Å². The standard InChI is InChI=1S/C54H34FN7/c55-41-25-15-24-39(32-41)43-31-29-42(34-46(43)54-60-51(37-20-9-3-10-21-37)57-52(61-54)38-22-11-4-12-23-38)62-47-27-14-13-26-44(47)45-30-28-40(33-48(45)62)53-58-49(35-16-5-1-6-17-35)56-50(59-53)36-18-7-2-8-19-36/h1-34H. The first-order valence-electron chi connectivity index (χ1n) is 20.3. The monoisotopic (exact) mass is 799 g/mol. The number of aromatic nitrogens is 7. The zero-order chi connectivity index (χ0) is 41.4. The van der Waals surface area contributed by atoms with E-state index in [1.165, 1.54) is 6.07 Å². The summed E-state index contributed by atoms with van der Waals surface area (Å²) in [7, 11) is 0. The maximum Gasteiger partial charge on any atom is 0.164 e. The van der Waals surface area contributed by atoms with Gasteiger partial charge in [-0.15, -0.1) is 0 Å². The lowest BCUT2D eigenvalue weighted by Gasteiger charge is -2.16. The third kappa shape index (κ3) is 6.85. The third-order valence-electron chi connectivity index (χ3n) is 11.0. The lowest BCUT2D eigenvalue weighted by molar-refractivity contribution is 0.628. The first kappa shape index (κ1) is 36.6. The maximum absolute atomic E-state index is 15.0. The zero-order valence-corrected chi connectivity index (χ0v) is 33.1. The van der Waals surface area contributed by atoms with Gasteiger partial charge >= 0.3 is 0 Å². The van der Waals surface area contributed by atoms with E-state index in [-0.39, 0.29) is 5.82 Å². The van der Waals surface area contributed by atoms with Gasteiger partial charge in [-0.3, -0.25) is 0 Å². The summed E-state index contributed by atoms with van der Waals surface area (Å²) in [6.07, 6.45) is 0. The summed E-state index contributed by atoms with van der Waals surface area (Å²) < 4.78 is 17.2. The third-order valence-corrected chi connectivity index (χ3v) is 11.0. The minimum atomic E-state index is -0.331. The van der Waals surface area contributed by atoms with Crippen molar-refractivity contribution in [1.82, 2.24) is 34.5 Å². The Morgan fingerprint density at radius 3 is 1.27 bits per heavy atom. The van der Waals surface area contributed by atoms with Gasteiger partial charge in [0, 0.05) is 49.8 Å². The van der Waals surface area contributed by atoms with Crippen LogP contribution < -0.4 is 0 Å². The average Bonchev–Trinajstić information content (AvgIpc) is 3.68. The van der Waals surface area contributed by atoms with E-state index < -0.39 is 0 Å². The fourth-order valence-electron chi connectivity index (χ4n) is 8.02. The number of hydrogen-bond acceptors (Lipinski definition) is 6. The molecule has 0 atom stereocenters. The quantitative estimate of drug-likeness (QED) is 0.152. The molecule has 292 valence electrons. The molecule has 8 heteroatoms. The Morgan fingerprint density at radius 2 is 0.742 bits per heavy atom. The van der Waals surface area contributed by atoms with Gasteiger partial charge in [0.25, 0.3) is 0 Å². The lowest BCUT2D eigenvalue weighted by Crippen LogP contribution is -2.03. The van der Waals surface area contributed by atoms with Crippen LogP contribution in [0.15, 0.2) is 206 Å². The molecular weight excluding hydrogens is 766 g/mol. The topological polar surface area (TPSA) is 82.3 Å². The molecule has 3 heterocycles. The molecule has 0 saturated heterocycles. The van der Waals surface area contributed by atoms with Crippen LogP contribution in [-0.4, -0.2) is 34.5 Å². The molecule has 3 aromatic heterocycles. The summed E-state index contributed by atoms with van der Waals surface area (Å²) >= 11 is 0. The zero-order valence-electron chi connectivity index (χ0n) is 33.1. The highest BCUT2D eigenvalue weighted by atomic mass is 19.1. The second-order valence-electron chi connectivity index (χ2n) is 14.9. The van der Waals surface area contributed by atoms with Crippen LogP contribution in [0, 0.1) is 5.82 Å². The molecule has 0 bridgehead atoms. The summed E-state index contributed by atoms with van der Waals surface area (Å²) in [6, 6.07) is 67.3. The molecule has 0 unspecified atom stereocenters. The van der Waals surface area contributed by atoms with Gasteiger partial charge < -0.3 is 4.57 Å². The Balaban J connectivity index is 1.15. The van der Waals surface area contributed by atoms with E-state index in [0.29, 0.717) is 40.5 Å². The second kappa shape index (κ2) is 15.6. The minimum absolute atomic E-state index is 0.331. The molecule has 0 aliphatic rings. The van der Waals surface area contributed by atoms with E-state index in [0.717, 1.165) is 66.4 Å². The van der Waals surface area contributed by atoms with E-state index in [1.54, 1.807) is 12.1 Å². The highest BCUT2D eigenvalue weighted by Gasteiger charge is 2.21. The predicted octanol–water partition coefficient (Wildman–Crippen LogP) is 13.0. The van der Waals surface area contributed by atoms with Crippen molar-refractivity contribution >= 4 is 21.8 Å². The van der Waals surface area contributed by atoms with Gasteiger partial charge in [0.15, 0.2) is 34.9 Å². The van der Waals surface area contributed by atoms with E-state index in [9.17, 15) is 4.39 Å². The lowest BCUT2D eigenvalue weighted by atomic mass is 9.98. The molecule has 0 aliphatic carbocycles. The SMILES string of the molecule is Fc1cccc(-c2ccc(-n3c4ccccc4c4ccc(-c5nc(-c6ccccc6)nc(-c6ccccc6)n5)cc43)cc2-c2nc(-c3ccccc3)nc(-c3ccccc3)n2)c1. The molecular formula is C54H34FN7. The molecule has 11 aromatic rings. The van der Waals surface area contributed by atoms with Gasteiger partial charge in [-0.05, 0) is 47.5 Å². The largest absolute Gasteiger partial charge is 0.309 e. The molecule has 0 fully saturated rings. The van der Waals surface area contributed by atoms with E-state index in [4.69, 9.17) is 29.9 Å². The van der Waals surface area contributed by atoms with Crippen molar-refractivity contribution in [2.24, 2.45) is 0 Å². The van der Waals surface area contributed by atoms with Crippen LogP contribution in [0.1, 0.15) is 0 Å². The fraction of sp³-hybridized carbons (Fsp3) is 0. The number of rotatable bonds is 8. The molecule has 0 saturated carbocycles. The molecule has 11 rings (SSSR count). The van der Waals surface area contributed by atoms with Gasteiger partial charge in [0.05, 0.1) is 11.0 Å². The molecule has 0 N–H and O–H groups in total. The molecule has 7 nitrogen and oxygen atoms in total.